The maximum absolute atomic E-state index is 14.1. The topological polar surface area (TPSA) is 60.1 Å². The Hall–Kier alpha value is -2.15. The summed E-state index contributed by atoms with van der Waals surface area (Å²) in [5.74, 6) is 0.0967. The molecule has 0 spiro atoms. The van der Waals surface area contributed by atoms with Crippen molar-refractivity contribution in [1.82, 2.24) is 19.2 Å². The van der Waals surface area contributed by atoms with Crippen LogP contribution >= 0.6 is 11.6 Å². The number of aryl methyl sites for hydroxylation is 1. The van der Waals surface area contributed by atoms with Gasteiger partial charge in [-0.15, -0.1) is 0 Å². The first-order chi connectivity index (χ1) is 13.0. The van der Waals surface area contributed by atoms with Gasteiger partial charge in [-0.25, -0.2) is 13.9 Å². The summed E-state index contributed by atoms with van der Waals surface area (Å²) in [6.07, 6.45) is 5.56. The van der Waals surface area contributed by atoms with E-state index in [0.717, 1.165) is 44.3 Å². The fourth-order valence-corrected chi connectivity index (χ4v) is 3.83. The van der Waals surface area contributed by atoms with Crippen LogP contribution in [0.15, 0.2) is 23.0 Å². The zero-order chi connectivity index (χ0) is 19.0. The number of nitrogens with zero attached hydrogens (tertiary/aromatic N) is 4. The predicted molar refractivity (Wildman–Crippen MR) is 99.0 cm³/mol. The lowest BCUT2D eigenvalue weighted by Crippen LogP contribution is -2.38. The number of carbonyl (C=O) groups is 1. The minimum Gasteiger partial charge on any atom is -0.334 e. The van der Waals surface area contributed by atoms with E-state index in [2.05, 4.69) is 5.10 Å². The average molecular weight is 393 g/mol. The number of hydrogen-bond donors (Lipinski definition) is 0. The highest BCUT2D eigenvalue weighted by Crippen LogP contribution is 2.31. The molecule has 2 heterocycles. The SMILES string of the molecule is O=C(Cn1nc2n(c1=O)CCCCC2)N(Cc1c(F)cccc1Cl)C1CC1. The van der Waals surface area contributed by atoms with Gasteiger partial charge in [0.15, 0.2) is 0 Å². The number of carbonyl (C=O) groups excluding carboxylic acids is 1. The zero-order valence-corrected chi connectivity index (χ0v) is 15.8. The third kappa shape index (κ3) is 3.78. The van der Waals surface area contributed by atoms with E-state index in [4.69, 9.17) is 11.6 Å². The van der Waals surface area contributed by atoms with Gasteiger partial charge in [0.25, 0.3) is 0 Å². The van der Waals surface area contributed by atoms with Crippen molar-refractivity contribution < 1.29 is 9.18 Å². The molecule has 0 radical (unpaired) electrons. The summed E-state index contributed by atoms with van der Waals surface area (Å²) in [6.45, 7) is 0.637. The number of halogens is 2. The molecule has 1 aliphatic heterocycles. The summed E-state index contributed by atoms with van der Waals surface area (Å²) in [6, 6.07) is 4.58. The van der Waals surface area contributed by atoms with Crippen LogP contribution in [0.25, 0.3) is 0 Å². The van der Waals surface area contributed by atoms with Gasteiger partial charge in [0.1, 0.15) is 18.2 Å². The summed E-state index contributed by atoms with van der Waals surface area (Å²) in [7, 11) is 0. The smallest absolute Gasteiger partial charge is 0.334 e. The van der Waals surface area contributed by atoms with Crippen molar-refractivity contribution in [3.05, 3.63) is 50.9 Å². The van der Waals surface area contributed by atoms with Gasteiger partial charge in [-0.2, -0.15) is 5.10 Å². The maximum atomic E-state index is 14.1. The Morgan fingerprint density at radius 3 is 2.85 bits per heavy atom. The van der Waals surface area contributed by atoms with Crippen LogP contribution in [0.5, 0.6) is 0 Å². The van der Waals surface area contributed by atoms with Crippen LogP contribution in [-0.2, 0) is 30.8 Å². The van der Waals surface area contributed by atoms with Crippen molar-refractivity contribution in [2.45, 2.75) is 64.2 Å². The first-order valence-corrected chi connectivity index (χ1v) is 9.81. The van der Waals surface area contributed by atoms with Crippen LogP contribution in [0.1, 0.15) is 43.5 Å². The van der Waals surface area contributed by atoms with Crippen molar-refractivity contribution in [1.29, 1.82) is 0 Å². The molecule has 4 rings (SSSR count). The lowest BCUT2D eigenvalue weighted by Gasteiger charge is -2.23. The number of amides is 1. The molecule has 144 valence electrons. The highest BCUT2D eigenvalue weighted by molar-refractivity contribution is 6.31. The first kappa shape index (κ1) is 18.2. The number of fused-ring (bicyclic) bond motifs is 1. The number of benzene rings is 1. The van der Waals surface area contributed by atoms with Crippen LogP contribution in [0.4, 0.5) is 4.39 Å². The van der Waals surface area contributed by atoms with Crippen molar-refractivity contribution in [2.75, 3.05) is 0 Å². The second-order valence-electron chi connectivity index (χ2n) is 7.27. The quantitative estimate of drug-likeness (QED) is 0.786. The van der Waals surface area contributed by atoms with Crippen LogP contribution in [0.2, 0.25) is 5.02 Å². The first-order valence-electron chi connectivity index (χ1n) is 9.43. The molecule has 2 aromatic rings. The van der Waals surface area contributed by atoms with E-state index < -0.39 is 5.82 Å². The second kappa shape index (κ2) is 7.46. The summed E-state index contributed by atoms with van der Waals surface area (Å²) in [4.78, 5) is 27.1. The van der Waals surface area contributed by atoms with Crippen LogP contribution in [0.3, 0.4) is 0 Å². The van der Waals surface area contributed by atoms with Gasteiger partial charge in [-0.1, -0.05) is 24.1 Å². The van der Waals surface area contributed by atoms with Gasteiger partial charge in [0.05, 0.1) is 6.54 Å². The molecule has 27 heavy (non-hydrogen) atoms. The standard InChI is InChI=1S/C19H22ClFN4O2/c20-15-5-4-6-16(21)14(15)11-24(13-8-9-13)18(26)12-25-19(27)23-10-3-1-2-7-17(23)22-25/h4-6,13H,1-3,7-12H2. The molecule has 2 aliphatic rings. The Labute approximate surface area is 161 Å². The van der Waals surface area contributed by atoms with E-state index in [1.54, 1.807) is 21.6 Å². The maximum Gasteiger partial charge on any atom is 0.346 e. The van der Waals surface area contributed by atoms with E-state index in [9.17, 15) is 14.0 Å². The van der Waals surface area contributed by atoms with Crippen molar-refractivity contribution in [3.63, 3.8) is 0 Å². The predicted octanol–water partition coefficient (Wildman–Crippen LogP) is 2.75. The second-order valence-corrected chi connectivity index (χ2v) is 7.68. The molecule has 6 nitrogen and oxygen atoms in total. The van der Waals surface area contributed by atoms with E-state index >= 15 is 0 Å². The Morgan fingerprint density at radius 1 is 1.30 bits per heavy atom. The summed E-state index contributed by atoms with van der Waals surface area (Å²) in [5.41, 5.74) is 0.0762. The summed E-state index contributed by atoms with van der Waals surface area (Å²) < 4.78 is 17.1. The van der Waals surface area contributed by atoms with Gasteiger partial charge < -0.3 is 4.90 Å². The number of hydrogen-bond acceptors (Lipinski definition) is 3. The fourth-order valence-electron chi connectivity index (χ4n) is 3.61. The molecule has 1 fully saturated rings. The molecule has 0 saturated heterocycles. The lowest BCUT2D eigenvalue weighted by atomic mass is 10.2. The molecule has 1 saturated carbocycles. The number of rotatable bonds is 5. The number of aromatic nitrogens is 3. The monoisotopic (exact) mass is 392 g/mol. The highest BCUT2D eigenvalue weighted by atomic mass is 35.5. The molecule has 1 aromatic carbocycles. The van der Waals surface area contributed by atoms with Crippen molar-refractivity contribution in [3.8, 4) is 0 Å². The third-order valence-corrected chi connectivity index (χ3v) is 5.62. The Balaban J connectivity index is 1.55. The lowest BCUT2D eigenvalue weighted by molar-refractivity contribution is -0.133. The molecular formula is C19H22ClFN4O2. The van der Waals surface area contributed by atoms with Gasteiger partial charge >= 0.3 is 5.69 Å². The summed E-state index contributed by atoms with van der Waals surface area (Å²) >= 11 is 6.12. The third-order valence-electron chi connectivity index (χ3n) is 5.26. The average Bonchev–Trinajstić information content (AvgIpc) is 3.45. The van der Waals surface area contributed by atoms with Gasteiger partial charge in [-0.3, -0.25) is 9.36 Å². The van der Waals surface area contributed by atoms with Crippen LogP contribution < -0.4 is 5.69 Å². The Morgan fingerprint density at radius 2 is 2.11 bits per heavy atom. The minimum atomic E-state index is -0.424. The molecule has 0 bridgehead atoms. The van der Waals surface area contributed by atoms with Crippen molar-refractivity contribution >= 4 is 17.5 Å². The van der Waals surface area contributed by atoms with E-state index in [1.165, 1.54) is 10.7 Å². The van der Waals surface area contributed by atoms with E-state index in [0.29, 0.717) is 17.1 Å². The van der Waals surface area contributed by atoms with E-state index in [1.807, 2.05) is 0 Å². The largest absolute Gasteiger partial charge is 0.346 e. The van der Waals surface area contributed by atoms with Crippen LogP contribution in [0, 0.1) is 5.82 Å². The molecule has 0 atom stereocenters. The fraction of sp³-hybridized carbons (Fsp3) is 0.526. The highest BCUT2D eigenvalue weighted by Gasteiger charge is 2.34. The normalized spacial score (nSPS) is 16.7. The van der Waals surface area contributed by atoms with Crippen LogP contribution in [-0.4, -0.2) is 31.2 Å². The Bertz CT molecular complexity index is 899. The molecule has 0 unspecified atom stereocenters. The molecule has 0 N–H and O–H groups in total. The summed E-state index contributed by atoms with van der Waals surface area (Å²) in [5, 5.41) is 4.68. The Kier molecular flexibility index (Phi) is 5.04. The molecule has 1 aliphatic carbocycles. The molecule has 8 heteroatoms. The minimum absolute atomic E-state index is 0.0734. The van der Waals surface area contributed by atoms with E-state index in [-0.39, 0.29) is 30.7 Å². The molecule has 1 amide bonds. The molecule has 1 aromatic heterocycles. The zero-order valence-electron chi connectivity index (χ0n) is 15.0. The van der Waals surface area contributed by atoms with Gasteiger partial charge in [0, 0.05) is 29.6 Å². The molecular weight excluding hydrogens is 371 g/mol. The van der Waals surface area contributed by atoms with Gasteiger partial charge in [0.2, 0.25) is 5.91 Å². The van der Waals surface area contributed by atoms with Gasteiger partial charge in [-0.05, 0) is 37.8 Å². The van der Waals surface area contributed by atoms with Crippen molar-refractivity contribution in [2.24, 2.45) is 0 Å².